The first-order valence-electron chi connectivity index (χ1n) is 7.36. The topological polar surface area (TPSA) is 86.7 Å². The van der Waals surface area contributed by atoms with Crippen molar-refractivity contribution in [3.8, 4) is 0 Å². The van der Waals surface area contributed by atoms with Crippen LogP contribution in [0.2, 0.25) is 0 Å². The summed E-state index contributed by atoms with van der Waals surface area (Å²) in [4.78, 5) is 35.4. The minimum atomic E-state index is -0.784. The molecule has 1 heterocycles. The minimum Gasteiger partial charge on any atom is -0.481 e. The normalized spacial score (nSPS) is 15.8. The van der Waals surface area contributed by atoms with Crippen molar-refractivity contribution in [2.75, 3.05) is 19.6 Å². The maximum absolute atomic E-state index is 11.7. The summed E-state index contributed by atoms with van der Waals surface area (Å²) in [5.41, 5.74) is 0. The summed E-state index contributed by atoms with van der Waals surface area (Å²) in [7, 11) is 0. The smallest absolute Gasteiger partial charge is 0.303 e. The first-order valence-corrected chi connectivity index (χ1v) is 7.36. The van der Waals surface area contributed by atoms with Crippen LogP contribution in [0.3, 0.4) is 0 Å². The Morgan fingerprint density at radius 1 is 1.15 bits per heavy atom. The number of hydrogen-bond acceptors (Lipinski definition) is 3. The molecule has 1 rings (SSSR count). The number of likely N-dealkylation sites (tertiary alicyclic amines) is 1. The molecule has 2 N–H and O–H groups in total. The molecule has 0 radical (unpaired) electrons. The van der Waals surface area contributed by atoms with Crippen molar-refractivity contribution in [1.29, 1.82) is 0 Å². The highest BCUT2D eigenvalue weighted by Crippen LogP contribution is 2.10. The summed E-state index contributed by atoms with van der Waals surface area (Å²) in [6.45, 7) is 1.36. The molecule has 1 fully saturated rings. The highest BCUT2D eigenvalue weighted by molar-refractivity contribution is 5.84. The summed E-state index contributed by atoms with van der Waals surface area (Å²) >= 11 is 0. The number of carbonyl (C=O) groups excluding carboxylic acids is 2. The van der Waals surface area contributed by atoms with Crippen LogP contribution >= 0.6 is 0 Å². The van der Waals surface area contributed by atoms with E-state index in [2.05, 4.69) is 5.32 Å². The van der Waals surface area contributed by atoms with Gasteiger partial charge in [0.1, 0.15) is 0 Å². The monoisotopic (exact) mass is 284 g/mol. The lowest BCUT2D eigenvalue weighted by atomic mass is 10.2. The average Bonchev–Trinajstić information content (AvgIpc) is 2.59. The van der Waals surface area contributed by atoms with E-state index in [4.69, 9.17) is 5.11 Å². The van der Waals surface area contributed by atoms with E-state index in [1.54, 1.807) is 4.90 Å². The Kier molecular flexibility index (Phi) is 7.69. The molecule has 0 aromatic heterocycles. The van der Waals surface area contributed by atoms with Crippen LogP contribution in [0.1, 0.15) is 51.4 Å². The predicted molar refractivity (Wildman–Crippen MR) is 74.2 cm³/mol. The second-order valence-corrected chi connectivity index (χ2v) is 5.18. The van der Waals surface area contributed by atoms with Crippen molar-refractivity contribution in [3.63, 3.8) is 0 Å². The van der Waals surface area contributed by atoms with Gasteiger partial charge in [-0.1, -0.05) is 12.8 Å². The van der Waals surface area contributed by atoms with Crippen LogP contribution in [0.25, 0.3) is 0 Å². The van der Waals surface area contributed by atoms with Crippen molar-refractivity contribution in [2.24, 2.45) is 0 Å². The Bertz CT molecular complexity index is 344. The fraction of sp³-hybridized carbons (Fsp3) is 0.786. The summed E-state index contributed by atoms with van der Waals surface area (Å²) < 4.78 is 0. The Morgan fingerprint density at radius 2 is 1.95 bits per heavy atom. The van der Waals surface area contributed by atoms with Gasteiger partial charge in [-0.15, -0.1) is 0 Å². The van der Waals surface area contributed by atoms with Gasteiger partial charge < -0.3 is 15.3 Å². The van der Waals surface area contributed by atoms with Crippen LogP contribution < -0.4 is 5.32 Å². The quantitative estimate of drug-likeness (QED) is 0.655. The minimum absolute atomic E-state index is 0.0686. The second-order valence-electron chi connectivity index (χ2n) is 5.18. The van der Waals surface area contributed by atoms with Gasteiger partial charge in [-0.2, -0.15) is 0 Å². The third-order valence-electron chi connectivity index (χ3n) is 3.40. The Labute approximate surface area is 119 Å². The Morgan fingerprint density at radius 3 is 2.70 bits per heavy atom. The van der Waals surface area contributed by atoms with Crippen molar-refractivity contribution in [1.82, 2.24) is 10.2 Å². The van der Waals surface area contributed by atoms with E-state index in [0.717, 1.165) is 32.1 Å². The zero-order valence-corrected chi connectivity index (χ0v) is 11.9. The largest absolute Gasteiger partial charge is 0.481 e. The molecule has 0 atom stereocenters. The van der Waals surface area contributed by atoms with Crippen LogP contribution in [0.15, 0.2) is 0 Å². The average molecular weight is 284 g/mol. The molecule has 0 saturated carbocycles. The maximum Gasteiger partial charge on any atom is 0.303 e. The zero-order chi connectivity index (χ0) is 14.8. The fourth-order valence-corrected chi connectivity index (χ4v) is 2.24. The number of hydrogen-bond donors (Lipinski definition) is 2. The number of amides is 2. The molecule has 0 spiro atoms. The van der Waals surface area contributed by atoms with Crippen molar-refractivity contribution >= 4 is 17.8 Å². The number of unbranched alkanes of at least 4 members (excludes halogenated alkanes) is 2. The molecule has 1 saturated heterocycles. The van der Waals surface area contributed by atoms with Crippen molar-refractivity contribution in [3.05, 3.63) is 0 Å². The molecule has 2 amide bonds. The lowest BCUT2D eigenvalue weighted by Gasteiger charge is -2.19. The summed E-state index contributed by atoms with van der Waals surface area (Å²) in [6.07, 6.45) is 5.85. The molecule has 0 aromatic carbocycles. The zero-order valence-electron chi connectivity index (χ0n) is 11.9. The van der Waals surface area contributed by atoms with Gasteiger partial charge in [-0.3, -0.25) is 14.4 Å². The SMILES string of the molecule is O=C(O)CCCCCNC(=O)CN1CCCCCC1=O. The molecule has 114 valence electrons. The van der Waals surface area contributed by atoms with Crippen LogP contribution in [0.4, 0.5) is 0 Å². The summed E-state index contributed by atoms with van der Waals surface area (Å²) in [5, 5.41) is 11.3. The molecule has 1 aliphatic heterocycles. The lowest BCUT2D eigenvalue weighted by Crippen LogP contribution is -2.40. The first kappa shape index (κ1) is 16.5. The molecular weight excluding hydrogens is 260 g/mol. The number of nitrogens with zero attached hydrogens (tertiary/aromatic N) is 1. The van der Waals surface area contributed by atoms with Gasteiger partial charge in [0.25, 0.3) is 0 Å². The Balaban J connectivity index is 2.10. The van der Waals surface area contributed by atoms with E-state index in [1.807, 2.05) is 0 Å². The summed E-state index contributed by atoms with van der Waals surface area (Å²) in [6, 6.07) is 0. The van der Waals surface area contributed by atoms with Crippen LogP contribution in [-0.4, -0.2) is 47.4 Å². The van der Waals surface area contributed by atoms with Gasteiger partial charge in [-0.05, 0) is 25.7 Å². The highest BCUT2D eigenvalue weighted by Gasteiger charge is 2.18. The van der Waals surface area contributed by atoms with Gasteiger partial charge in [0.05, 0.1) is 6.54 Å². The number of rotatable bonds is 8. The third kappa shape index (κ3) is 7.11. The number of carboxylic acids is 1. The first-order chi connectivity index (χ1) is 9.59. The number of carboxylic acid groups (broad SMARTS) is 1. The molecule has 0 bridgehead atoms. The van der Waals surface area contributed by atoms with Crippen LogP contribution in [0, 0.1) is 0 Å². The number of aliphatic carboxylic acids is 1. The fourth-order valence-electron chi connectivity index (χ4n) is 2.24. The van der Waals surface area contributed by atoms with Crippen molar-refractivity contribution < 1.29 is 19.5 Å². The van der Waals surface area contributed by atoms with E-state index in [1.165, 1.54) is 0 Å². The molecular formula is C14H24N2O4. The molecule has 6 nitrogen and oxygen atoms in total. The number of carbonyl (C=O) groups is 3. The highest BCUT2D eigenvalue weighted by atomic mass is 16.4. The number of nitrogens with one attached hydrogen (secondary N) is 1. The van der Waals surface area contributed by atoms with Gasteiger partial charge in [0, 0.05) is 25.9 Å². The van der Waals surface area contributed by atoms with E-state index < -0.39 is 5.97 Å². The van der Waals surface area contributed by atoms with Gasteiger partial charge >= 0.3 is 5.97 Å². The van der Waals surface area contributed by atoms with E-state index in [0.29, 0.717) is 25.9 Å². The Hall–Kier alpha value is -1.59. The van der Waals surface area contributed by atoms with Crippen molar-refractivity contribution in [2.45, 2.75) is 51.4 Å². The van der Waals surface area contributed by atoms with Gasteiger partial charge in [0.2, 0.25) is 11.8 Å². The van der Waals surface area contributed by atoms with E-state index in [9.17, 15) is 14.4 Å². The predicted octanol–water partition coefficient (Wildman–Crippen LogP) is 1.15. The molecule has 0 aliphatic carbocycles. The molecule has 6 heteroatoms. The summed E-state index contributed by atoms with van der Waals surface area (Å²) in [5.74, 6) is -0.841. The van der Waals surface area contributed by atoms with Gasteiger partial charge in [0.15, 0.2) is 0 Å². The lowest BCUT2D eigenvalue weighted by molar-refractivity contribution is -0.137. The van der Waals surface area contributed by atoms with Crippen LogP contribution in [-0.2, 0) is 14.4 Å². The van der Waals surface area contributed by atoms with Gasteiger partial charge in [-0.25, -0.2) is 0 Å². The van der Waals surface area contributed by atoms with E-state index in [-0.39, 0.29) is 24.8 Å². The third-order valence-corrected chi connectivity index (χ3v) is 3.40. The molecule has 0 unspecified atom stereocenters. The molecule has 0 aromatic rings. The van der Waals surface area contributed by atoms with E-state index >= 15 is 0 Å². The molecule has 20 heavy (non-hydrogen) atoms. The standard InChI is InChI=1S/C14H24N2O4/c17-12(15-9-5-1-4-8-14(19)20)11-16-10-6-2-3-7-13(16)18/h1-11H2,(H,15,17)(H,19,20). The maximum atomic E-state index is 11.7. The molecule has 1 aliphatic rings. The van der Waals surface area contributed by atoms with Crippen LogP contribution in [0.5, 0.6) is 0 Å². The second kappa shape index (κ2) is 9.34.